The van der Waals surface area contributed by atoms with Gasteiger partial charge in [0.15, 0.2) is 0 Å². The Bertz CT molecular complexity index is 263. The van der Waals surface area contributed by atoms with Crippen LogP contribution < -0.4 is 17.0 Å². The first-order valence-electron chi connectivity index (χ1n) is 6.21. The zero-order valence-corrected chi connectivity index (χ0v) is 13.5. The summed E-state index contributed by atoms with van der Waals surface area (Å²) in [5, 5.41) is 8.98. The zero-order valence-electron chi connectivity index (χ0n) is 11.9. The van der Waals surface area contributed by atoms with E-state index in [1.165, 1.54) is 6.08 Å². The van der Waals surface area contributed by atoms with Crippen LogP contribution in [0.5, 0.6) is 0 Å². The number of aliphatic hydroxyl groups excluding tert-OH is 1. The second-order valence-electron chi connectivity index (χ2n) is 4.65. The molecule has 0 atom stereocenters. The van der Waals surface area contributed by atoms with Crippen molar-refractivity contribution in [3.8, 4) is 0 Å². The molecule has 0 aliphatic heterocycles. The Morgan fingerprint density at radius 3 is 2.22 bits per heavy atom. The number of ether oxygens (including phenoxy) is 1. The molecular weight excluding hydrogens is 298 g/mol. The summed E-state index contributed by atoms with van der Waals surface area (Å²) in [5.74, 6) is -0.400. The van der Waals surface area contributed by atoms with Crippen LogP contribution in [-0.2, 0) is 9.53 Å². The fourth-order valence-electron chi connectivity index (χ4n) is 2.33. The maximum Gasteiger partial charge on any atom is 0.334 e. The van der Waals surface area contributed by atoms with E-state index in [0.29, 0.717) is 10.9 Å². The minimum absolute atomic E-state index is 0. The summed E-state index contributed by atoms with van der Waals surface area (Å²) in [6.45, 7) is 14.1. The van der Waals surface area contributed by atoms with E-state index in [1.807, 2.05) is 13.8 Å². The van der Waals surface area contributed by atoms with Crippen LogP contribution in [-0.4, -0.2) is 47.5 Å². The van der Waals surface area contributed by atoms with Crippen LogP contribution in [0.25, 0.3) is 0 Å². The Morgan fingerprint density at radius 2 is 1.89 bits per heavy atom. The van der Waals surface area contributed by atoms with Gasteiger partial charge in [-0.2, -0.15) is 0 Å². The van der Waals surface area contributed by atoms with Crippen molar-refractivity contribution in [1.82, 2.24) is 0 Å². The molecule has 0 rings (SSSR count). The Kier molecular flexibility index (Phi) is 9.60. The summed E-state index contributed by atoms with van der Waals surface area (Å²) in [5.41, 5.74) is -0.607. The Morgan fingerprint density at radius 1 is 1.39 bits per heavy atom. The summed E-state index contributed by atoms with van der Waals surface area (Å²) in [7, 11) is 0. The fraction of sp³-hybridized carbons (Fsp3) is 0.769. The van der Waals surface area contributed by atoms with Gasteiger partial charge in [0.05, 0.1) is 19.6 Å². The van der Waals surface area contributed by atoms with E-state index in [4.69, 9.17) is 9.84 Å². The first kappa shape index (κ1) is 19.9. The molecule has 0 unspecified atom stereocenters. The summed E-state index contributed by atoms with van der Waals surface area (Å²) in [6.07, 6.45) is 1.89. The number of rotatable bonds is 8. The number of aliphatic hydroxyl groups is 1. The molecule has 0 spiro atoms. The van der Waals surface area contributed by atoms with Crippen LogP contribution >= 0.6 is 0 Å². The molecule has 1 N–H and O–H groups in total. The van der Waals surface area contributed by atoms with Gasteiger partial charge in [0.25, 0.3) is 0 Å². The average molecular weight is 324 g/mol. The highest BCUT2D eigenvalue weighted by Gasteiger charge is 2.43. The van der Waals surface area contributed by atoms with Gasteiger partial charge >= 0.3 is 5.97 Å². The summed E-state index contributed by atoms with van der Waals surface area (Å²) in [6, 6.07) is 0. The molecule has 5 heteroatoms. The highest BCUT2D eigenvalue weighted by atomic mass is 79.9. The van der Waals surface area contributed by atoms with Gasteiger partial charge in [0.1, 0.15) is 0 Å². The van der Waals surface area contributed by atoms with Gasteiger partial charge in [-0.1, -0.05) is 6.58 Å². The van der Waals surface area contributed by atoms with Crippen LogP contribution in [0, 0.1) is 0 Å². The molecule has 4 nitrogen and oxygen atoms in total. The molecule has 0 radical (unpaired) electrons. The molecule has 18 heavy (non-hydrogen) atoms. The molecule has 0 aliphatic rings. The molecule has 0 saturated heterocycles. The van der Waals surface area contributed by atoms with E-state index in [0.717, 1.165) is 19.6 Å². The van der Waals surface area contributed by atoms with Crippen LogP contribution in [0.1, 0.15) is 34.1 Å². The number of hydrogen-bond donors (Lipinski definition) is 1. The molecule has 0 aromatic carbocycles. The monoisotopic (exact) mass is 323 g/mol. The fourth-order valence-corrected chi connectivity index (χ4v) is 2.33. The van der Waals surface area contributed by atoms with Gasteiger partial charge < -0.3 is 26.8 Å². The van der Waals surface area contributed by atoms with Gasteiger partial charge in [-0.15, -0.1) is 0 Å². The van der Waals surface area contributed by atoms with Crippen molar-refractivity contribution in [2.75, 3.05) is 26.2 Å². The number of hydrogen-bond acceptors (Lipinski definition) is 3. The van der Waals surface area contributed by atoms with E-state index in [9.17, 15) is 4.79 Å². The molecule has 108 valence electrons. The van der Waals surface area contributed by atoms with Crippen molar-refractivity contribution in [3.05, 3.63) is 12.7 Å². The predicted molar refractivity (Wildman–Crippen MR) is 68.3 cm³/mol. The Labute approximate surface area is 121 Å². The summed E-state index contributed by atoms with van der Waals surface area (Å²) < 4.78 is 6.11. The van der Waals surface area contributed by atoms with E-state index in [2.05, 4.69) is 20.4 Å². The van der Waals surface area contributed by atoms with Crippen molar-refractivity contribution in [2.45, 2.75) is 39.8 Å². The highest BCUT2D eigenvalue weighted by molar-refractivity contribution is 5.81. The van der Waals surface area contributed by atoms with Crippen molar-refractivity contribution < 1.29 is 36.1 Å². The predicted octanol–water partition coefficient (Wildman–Crippen LogP) is -1.31. The van der Waals surface area contributed by atoms with Crippen LogP contribution in [0.4, 0.5) is 0 Å². The van der Waals surface area contributed by atoms with Crippen LogP contribution in [0.2, 0.25) is 0 Å². The summed E-state index contributed by atoms with van der Waals surface area (Å²) in [4.78, 5) is 11.4. The second kappa shape index (κ2) is 8.67. The standard InChI is InChI=1S/C13H26NO3.BrH/c1-6-12(16)17-13(4,5)14(7-2,8-3)10-9-11-15;/h6,15H,1,7-11H2,2-5H3;1H/q+1;/p-1. The number of nitrogens with zero attached hydrogens (tertiary/aromatic N) is 1. The minimum atomic E-state index is -0.607. The third kappa shape index (κ3) is 4.71. The number of carbonyl (C=O) groups excluding carboxylic acids is 1. The number of halogens is 1. The van der Waals surface area contributed by atoms with Crippen molar-refractivity contribution in [3.63, 3.8) is 0 Å². The van der Waals surface area contributed by atoms with Gasteiger partial charge in [-0.05, 0) is 13.8 Å². The molecule has 0 aromatic rings. The molecule has 0 amide bonds. The maximum absolute atomic E-state index is 11.4. The van der Waals surface area contributed by atoms with Crippen LogP contribution in [0.3, 0.4) is 0 Å². The molecular formula is C13H26BrNO3. The largest absolute Gasteiger partial charge is 1.00 e. The average Bonchev–Trinajstić information content (AvgIpc) is 2.30. The first-order valence-corrected chi connectivity index (χ1v) is 6.21. The number of carbonyl (C=O) groups is 1. The van der Waals surface area contributed by atoms with Crippen molar-refractivity contribution in [2.24, 2.45) is 0 Å². The lowest BCUT2D eigenvalue weighted by molar-refractivity contribution is -0.990. The smallest absolute Gasteiger partial charge is 0.334 e. The van der Waals surface area contributed by atoms with Gasteiger partial charge in [0.2, 0.25) is 5.72 Å². The van der Waals surface area contributed by atoms with Crippen molar-refractivity contribution >= 4 is 5.97 Å². The zero-order chi connectivity index (χ0) is 13.5. The Hall–Kier alpha value is -0.390. The number of esters is 1. The van der Waals surface area contributed by atoms with E-state index < -0.39 is 11.7 Å². The van der Waals surface area contributed by atoms with Gasteiger partial charge in [-0.3, -0.25) is 4.48 Å². The topological polar surface area (TPSA) is 46.5 Å². The third-order valence-electron chi connectivity index (χ3n) is 3.61. The van der Waals surface area contributed by atoms with Gasteiger partial charge in [0, 0.05) is 33.0 Å². The molecule has 0 aliphatic carbocycles. The van der Waals surface area contributed by atoms with E-state index in [1.54, 1.807) is 0 Å². The molecule has 0 fully saturated rings. The molecule has 0 heterocycles. The normalized spacial score (nSPS) is 11.6. The third-order valence-corrected chi connectivity index (χ3v) is 3.61. The van der Waals surface area contributed by atoms with E-state index in [-0.39, 0.29) is 23.6 Å². The lowest BCUT2D eigenvalue weighted by Crippen LogP contribution is -3.00. The lowest BCUT2D eigenvalue weighted by Gasteiger charge is -2.47. The molecule has 0 bridgehead atoms. The number of quaternary nitrogens is 1. The minimum Gasteiger partial charge on any atom is -1.00 e. The first-order chi connectivity index (χ1) is 7.89. The van der Waals surface area contributed by atoms with E-state index >= 15 is 0 Å². The lowest BCUT2D eigenvalue weighted by atomic mass is 10.1. The van der Waals surface area contributed by atoms with Gasteiger partial charge in [-0.25, -0.2) is 4.79 Å². The molecule has 0 saturated carbocycles. The summed E-state index contributed by atoms with van der Waals surface area (Å²) >= 11 is 0. The van der Waals surface area contributed by atoms with Crippen LogP contribution in [0.15, 0.2) is 12.7 Å². The quantitative estimate of drug-likeness (QED) is 0.261. The maximum atomic E-state index is 11.4. The Balaban J connectivity index is 0. The molecule has 0 aromatic heterocycles. The SMILES string of the molecule is C=CC(=O)OC(C)(C)[N+](CC)(CC)CCCO.[Br-]. The highest BCUT2D eigenvalue weighted by Crippen LogP contribution is 2.27. The second-order valence-corrected chi connectivity index (χ2v) is 4.65. The van der Waals surface area contributed by atoms with Crippen molar-refractivity contribution in [1.29, 1.82) is 0 Å².